The molecule has 6 heteroatoms. The second kappa shape index (κ2) is 5.97. The quantitative estimate of drug-likeness (QED) is 0.731. The highest BCUT2D eigenvalue weighted by Gasteiger charge is 2.31. The fourth-order valence-electron chi connectivity index (χ4n) is 1.77. The number of carbonyl (C=O) groups is 1. The molecule has 0 fully saturated rings. The number of ether oxygens (including phenoxy) is 1. The van der Waals surface area contributed by atoms with Crippen molar-refractivity contribution in [2.24, 2.45) is 12.8 Å². The van der Waals surface area contributed by atoms with Crippen molar-refractivity contribution in [1.82, 2.24) is 14.5 Å². The average Bonchev–Trinajstić information content (AvgIpc) is 2.63. The molecular formula is C12H22N4O2. The molecule has 1 unspecified atom stereocenters. The van der Waals surface area contributed by atoms with E-state index in [4.69, 9.17) is 10.5 Å². The summed E-state index contributed by atoms with van der Waals surface area (Å²) >= 11 is 0. The predicted molar refractivity (Wildman–Crippen MR) is 68.8 cm³/mol. The molecule has 0 spiro atoms. The highest BCUT2D eigenvalue weighted by molar-refractivity contribution is 5.80. The maximum Gasteiger partial charge on any atom is 0.327 e. The Hall–Kier alpha value is -1.40. The molecule has 0 radical (unpaired) electrons. The number of nitrogens with zero attached hydrogens (tertiary/aromatic N) is 3. The third-order valence-electron chi connectivity index (χ3n) is 2.67. The molecule has 1 aromatic rings. The number of carbonyl (C=O) groups excluding carboxylic acids is 1. The zero-order valence-corrected chi connectivity index (χ0v) is 11.5. The van der Waals surface area contributed by atoms with E-state index in [0.29, 0.717) is 19.7 Å². The third-order valence-corrected chi connectivity index (χ3v) is 2.67. The molecule has 1 atom stereocenters. The smallest absolute Gasteiger partial charge is 0.327 e. The van der Waals surface area contributed by atoms with Crippen LogP contribution in [-0.2, 0) is 23.1 Å². The lowest BCUT2D eigenvalue weighted by molar-refractivity contribution is -0.149. The molecule has 0 saturated carbocycles. The van der Waals surface area contributed by atoms with Crippen LogP contribution in [0.5, 0.6) is 0 Å². The van der Waals surface area contributed by atoms with E-state index in [0.717, 1.165) is 5.82 Å². The second-order valence-electron chi connectivity index (χ2n) is 4.76. The SMILES string of the molecule is CCOC(=O)C(C)(N)CN(C)Cc1nccn1C. The zero-order chi connectivity index (χ0) is 13.8. The van der Waals surface area contributed by atoms with Gasteiger partial charge in [-0.25, -0.2) is 4.98 Å². The first-order chi connectivity index (χ1) is 8.36. The minimum absolute atomic E-state index is 0.342. The fraction of sp³-hybridized carbons (Fsp3) is 0.667. The summed E-state index contributed by atoms with van der Waals surface area (Å²) in [7, 11) is 3.84. The van der Waals surface area contributed by atoms with Crippen LogP contribution in [0.25, 0.3) is 0 Å². The van der Waals surface area contributed by atoms with E-state index in [-0.39, 0.29) is 5.97 Å². The molecule has 0 saturated heterocycles. The number of hydrogen-bond donors (Lipinski definition) is 1. The third kappa shape index (κ3) is 3.82. The molecule has 1 heterocycles. The molecule has 2 N–H and O–H groups in total. The Balaban J connectivity index is 2.56. The van der Waals surface area contributed by atoms with Crippen LogP contribution in [0, 0.1) is 0 Å². The van der Waals surface area contributed by atoms with E-state index in [1.807, 2.05) is 29.8 Å². The van der Waals surface area contributed by atoms with Gasteiger partial charge in [0.1, 0.15) is 11.4 Å². The highest BCUT2D eigenvalue weighted by atomic mass is 16.5. The lowest BCUT2D eigenvalue weighted by Crippen LogP contribution is -2.53. The van der Waals surface area contributed by atoms with Gasteiger partial charge in [0.15, 0.2) is 0 Å². The van der Waals surface area contributed by atoms with Crippen LogP contribution < -0.4 is 5.73 Å². The lowest BCUT2D eigenvalue weighted by atomic mass is 10.0. The van der Waals surface area contributed by atoms with E-state index in [1.165, 1.54) is 0 Å². The van der Waals surface area contributed by atoms with Crippen molar-refractivity contribution in [3.05, 3.63) is 18.2 Å². The van der Waals surface area contributed by atoms with E-state index in [2.05, 4.69) is 4.98 Å². The summed E-state index contributed by atoms with van der Waals surface area (Å²) in [6.07, 6.45) is 3.63. The largest absolute Gasteiger partial charge is 0.465 e. The summed E-state index contributed by atoms with van der Waals surface area (Å²) in [6, 6.07) is 0. The number of imidazole rings is 1. The Morgan fingerprint density at radius 3 is 2.83 bits per heavy atom. The molecule has 0 aromatic carbocycles. The molecule has 0 bridgehead atoms. The summed E-state index contributed by atoms with van der Waals surface area (Å²) in [6.45, 7) is 4.84. The van der Waals surface area contributed by atoms with Crippen molar-refractivity contribution in [2.45, 2.75) is 25.9 Å². The Labute approximate surface area is 108 Å². The summed E-state index contributed by atoms with van der Waals surface area (Å²) in [4.78, 5) is 17.9. The Bertz CT molecular complexity index is 401. The second-order valence-corrected chi connectivity index (χ2v) is 4.76. The molecular weight excluding hydrogens is 232 g/mol. The first-order valence-corrected chi connectivity index (χ1v) is 5.97. The van der Waals surface area contributed by atoms with Gasteiger partial charge in [-0.15, -0.1) is 0 Å². The maximum atomic E-state index is 11.7. The number of hydrogen-bond acceptors (Lipinski definition) is 5. The highest BCUT2D eigenvalue weighted by Crippen LogP contribution is 2.07. The van der Waals surface area contributed by atoms with Gasteiger partial charge < -0.3 is 15.0 Å². The number of aryl methyl sites for hydroxylation is 1. The van der Waals surface area contributed by atoms with Crippen molar-refractivity contribution >= 4 is 5.97 Å². The van der Waals surface area contributed by atoms with Crippen LogP contribution >= 0.6 is 0 Å². The Morgan fingerprint density at radius 1 is 1.67 bits per heavy atom. The van der Waals surface area contributed by atoms with E-state index < -0.39 is 5.54 Å². The monoisotopic (exact) mass is 254 g/mol. The van der Waals surface area contributed by atoms with Crippen molar-refractivity contribution in [1.29, 1.82) is 0 Å². The van der Waals surface area contributed by atoms with E-state index >= 15 is 0 Å². The molecule has 0 amide bonds. The van der Waals surface area contributed by atoms with E-state index in [1.54, 1.807) is 20.0 Å². The van der Waals surface area contributed by atoms with Crippen molar-refractivity contribution < 1.29 is 9.53 Å². The zero-order valence-electron chi connectivity index (χ0n) is 11.5. The first-order valence-electron chi connectivity index (χ1n) is 5.97. The van der Waals surface area contributed by atoms with Crippen LogP contribution in [-0.4, -0.2) is 46.2 Å². The molecule has 0 aliphatic carbocycles. The van der Waals surface area contributed by atoms with Crippen molar-refractivity contribution in [2.75, 3.05) is 20.2 Å². The average molecular weight is 254 g/mol. The summed E-state index contributed by atoms with van der Waals surface area (Å²) in [5.74, 6) is 0.550. The van der Waals surface area contributed by atoms with Gasteiger partial charge in [-0.2, -0.15) is 0 Å². The lowest BCUT2D eigenvalue weighted by Gasteiger charge is -2.27. The molecule has 18 heavy (non-hydrogen) atoms. The predicted octanol–water partition coefficient (Wildman–Crippen LogP) is 0.132. The van der Waals surface area contributed by atoms with Crippen LogP contribution in [0.4, 0.5) is 0 Å². The van der Waals surface area contributed by atoms with Gasteiger partial charge in [-0.3, -0.25) is 9.69 Å². The molecule has 1 rings (SSSR count). The summed E-state index contributed by atoms with van der Waals surface area (Å²) in [5, 5.41) is 0. The molecule has 6 nitrogen and oxygen atoms in total. The van der Waals surface area contributed by atoms with Gasteiger partial charge in [-0.05, 0) is 20.9 Å². The van der Waals surface area contributed by atoms with E-state index in [9.17, 15) is 4.79 Å². The van der Waals surface area contributed by atoms with Gasteiger partial charge in [0.25, 0.3) is 0 Å². The normalized spacial score (nSPS) is 14.6. The topological polar surface area (TPSA) is 73.4 Å². The first kappa shape index (κ1) is 14.7. The Kier molecular flexibility index (Phi) is 4.86. The fourth-order valence-corrected chi connectivity index (χ4v) is 1.77. The molecule has 102 valence electrons. The van der Waals surface area contributed by atoms with Gasteiger partial charge >= 0.3 is 5.97 Å². The number of aromatic nitrogens is 2. The van der Waals surface area contributed by atoms with Crippen LogP contribution in [0.1, 0.15) is 19.7 Å². The maximum absolute atomic E-state index is 11.7. The van der Waals surface area contributed by atoms with Crippen LogP contribution in [0.2, 0.25) is 0 Å². The molecule has 0 aliphatic rings. The molecule has 1 aromatic heterocycles. The number of rotatable bonds is 6. The molecule has 0 aliphatic heterocycles. The van der Waals surface area contributed by atoms with Gasteiger partial charge in [0, 0.05) is 26.0 Å². The summed E-state index contributed by atoms with van der Waals surface area (Å²) in [5.41, 5.74) is 4.97. The Morgan fingerprint density at radius 2 is 2.33 bits per heavy atom. The van der Waals surface area contributed by atoms with Gasteiger partial charge in [0.2, 0.25) is 0 Å². The minimum atomic E-state index is -1.00. The van der Waals surface area contributed by atoms with Gasteiger partial charge in [-0.1, -0.05) is 0 Å². The van der Waals surface area contributed by atoms with Crippen LogP contribution in [0.3, 0.4) is 0 Å². The standard InChI is InChI=1S/C12H22N4O2/c1-5-18-11(17)12(2,13)9-15(3)8-10-14-6-7-16(10)4/h6-7H,5,8-9,13H2,1-4H3. The number of nitrogens with two attached hydrogens (primary N) is 1. The van der Waals surface area contributed by atoms with Crippen molar-refractivity contribution in [3.63, 3.8) is 0 Å². The van der Waals surface area contributed by atoms with Crippen molar-refractivity contribution in [3.8, 4) is 0 Å². The number of likely N-dealkylation sites (N-methyl/N-ethyl adjacent to an activating group) is 1. The number of esters is 1. The van der Waals surface area contributed by atoms with Crippen LogP contribution in [0.15, 0.2) is 12.4 Å². The minimum Gasteiger partial charge on any atom is -0.465 e. The summed E-state index contributed by atoms with van der Waals surface area (Å²) < 4.78 is 6.89. The van der Waals surface area contributed by atoms with Gasteiger partial charge in [0.05, 0.1) is 13.2 Å².